The molecule has 0 atom stereocenters. The van der Waals surface area contributed by atoms with Crippen molar-refractivity contribution in [2.45, 2.75) is 126 Å². The molecule has 0 aliphatic heterocycles. The predicted octanol–water partition coefficient (Wildman–Crippen LogP) is 7.55. The molecule has 0 aromatic heterocycles. The first-order valence-corrected chi connectivity index (χ1v) is 10.7. The van der Waals surface area contributed by atoms with Crippen molar-refractivity contribution < 1.29 is 4.79 Å². The fourth-order valence-electron chi connectivity index (χ4n) is 1.74. The van der Waals surface area contributed by atoms with Crippen LogP contribution < -0.4 is 5.32 Å². The van der Waals surface area contributed by atoms with Crippen molar-refractivity contribution in [2.24, 2.45) is 0 Å². The monoisotopic (exact) mass is 345 g/mol. The molecule has 0 rings (SSSR count). The fraction of sp³-hybridized carbons (Fsp3) is 0.955. The second-order valence-corrected chi connectivity index (χ2v) is 6.51. The first-order valence-electron chi connectivity index (χ1n) is 10.7. The Labute approximate surface area is 155 Å². The van der Waals surface area contributed by atoms with E-state index in [0.29, 0.717) is 5.78 Å². The lowest BCUT2D eigenvalue weighted by molar-refractivity contribution is -0.117. The highest BCUT2D eigenvalue weighted by Gasteiger charge is 1.94. The second kappa shape index (κ2) is 38.3. The van der Waals surface area contributed by atoms with E-state index in [9.17, 15) is 4.79 Å². The predicted molar refractivity (Wildman–Crippen MR) is 114 cm³/mol. The van der Waals surface area contributed by atoms with Crippen molar-refractivity contribution in [3.8, 4) is 0 Å². The van der Waals surface area contributed by atoms with E-state index in [4.69, 9.17) is 0 Å². The molecule has 0 unspecified atom stereocenters. The summed E-state index contributed by atoms with van der Waals surface area (Å²) in [6.07, 6.45) is 14.9. The minimum atomic E-state index is 0.335. The quantitative estimate of drug-likeness (QED) is 0.391. The molecule has 0 aliphatic rings. The van der Waals surface area contributed by atoms with Gasteiger partial charge in [0, 0.05) is 6.42 Å². The van der Waals surface area contributed by atoms with Crippen LogP contribution in [-0.4, -0.2) is 19.4 Å². The van der Waals surface area contributed by atoms with E-state index in [2.05, 4.69) is 46.9 Å². The molecule has 24 heavy (non-hydrogen) atoms. The average molecular weight is 346 g/mol. The summed E-state index contributed by atoms with van der Waals surface area (Å²) < 4.78 is 0. The molecule has 150 valence electrons. The smallest absolute Gasteiger partial charge is 0.129 e. The lowest BCUT2D eigenvalue weighted by Crippen LogP contribution is -2.06. The lowest BCUT2D eigenvalue weighted by Gasteiger charge is -2.01. The molecule has 0 heterocycles. The summed E-state index contributed by atoms with van der Waals surface area (Å²) in [5.74, 6) is 0.335. The maximum absolute atomic E-state index is 10.7. The summed E-state index contributed by atoms with van der Waals surface area (Å²) in [7, 11) is 2.01. The van der Waals surface area contributed by atoms with Crippen molar-refractivity contribution in [1.82, 2.24) is 5.32 Å². The number of ketones is 1. The van der Waals surface area contributed by atoms with E-state index in [0.717, 1.165) is 19.4 Å². The third-order valence-electron chi connectivity index (χ3n) is 2.71. The molecule has 2 nitrogen and oxygen atoms in total. The van der Waals surface area contributed by atoms with Crippen LogP contribution in [0.25, 0.3) is 0 Å². The zero-order chi connectivity index (χ0) is 19.5. The Morgan fingerprint density at radius 2 is 0.917 bits per heavy atom. The van der Waals surface area contributed by atoms with Gasteiger partial charge >= 0.3 is 0 Å². The van der Waals surface area contributed by atoms with E-state index in [1.807, 2.05) is 7.05 Å². The van der Waals surface area contributed by atoms with Crippen molar-refractivity contribution >= 4 is 5.78 Å². The van der Waals surface area contributed by atoms with Crippen LogP contribution in [0, 0.1) is 0 Å². The van der Waals surface area contributed by atoms with Gasteiger partial charge < -0.3 is 10.1 Å². The van der Waals surface area contributed by atoms with Crippen LogP contribution in [-0.2, 0) is 4.79 Å². The van der Waals surface area contributed by atoms with E-state index in [-0.39, 0.29) is 0 Å². The summed E-state index contributed by atoms with van der Waals surface area (Å²) in [6, 6.07) is 0. The zero-order valence-corrected chi connectivity index (χ0v) is 18.6. The highest BCUT2D eigenvalue weighted by molar-refractivity contribution is 5.75. The summed E-state index contributed by atoms with van der Waals surface area (Å²) in [5, 5.41) is 3.17. The summed E-state index contributed by atoms with van der Waals surface area (Å²) in [4.78, 5) is 10.7. The number of unbranched alkanes of at least 4 members (excludes halogenated alkanes) is 7. The third-order valence-corrected chi connectivity index (χ3v) is 2.71. The summed E-state index contributed by atoms with van der Waals surface area (Å²) in [5.41, 5.74) is 0. The van der Waals surface area contributed by atoms with E-state index in [1.54, 1.807) is 6.92 Å². The molecule has 0 aliphatic carbocycles. The molecular formula is C22H51NO. The van der Waals surface area contributed by atoms with Gasteiger partial charge in [0.2, 0.25) is 0 Å². The largest absolute Gasteiger partial charge is 0.320 e. The second-order valence-electron chi connectivity index (χ2n) is 6.51. The molecule has 0 aromatic rings. The summed E-state index contributed by atoms with van der Waals surface area (Å²) in [6.45, 7) is 15.6. The maximum atomic E-state index is 10.7. The molecule has 0 aromatic carbocycles. The lowest BCUT2D eigenvalue weighted by atomic mass is 10.1. The van der Waals surface area contributed by atoms with E-state index >= 15 is 0 Å². The van der Waals surface area contributed by atoms with Gasteiger partial charge in [-0.05, 0) is 33.4 Å². The molecule has 0 saturated carbocycles. The van der Waals surface area contributed by atoms with Gasteiger partial charge in [0.1, 0.15) is 5.78 Å². The highest BCUT2D eigenvalue weighted by atomic mass is 16.1. The first-order chi connectivity index (χ1) is 11.5. The number of carbonyl (C=O) groups is 1. The standard InChI is InChI=1S/C13H27NO.3C3H8/c1-13(15)11-9-7-5-3-4-6-8-10-12-14-2;3*1-3-2/h14H,3-12H2,1-2H3;3*3H2,1-2H3. The maximum Gasteiger partial charge on any atom is 0.129 e. The van der Waals surface area contributed by atoms with E-state index < -0.39 is 0 Å². The Morgan fingerprint density at radius 3 is 1.21 bits per heavy atom. The number of rotatable bonds is 11. The van der Waals surface area contributed by atoms with Gasteiger partial charge in [-0.3, -0.25) is 0 Å². The van der Waals surface area contributed by atoms with Gasteiger partial charge in [-0.25, -0.2) is 0 Å². The Kier molecular flexibility index (Phi) is 50.1. The molecule has 0 radical (unpaired) electrons. The summed E-state index contributed by atoms with van der Waals surface area (Å²) >= 11 is 0. The molecule has 0 amide bonds. The number of hydrogen-bond acceptors (Lipinski definition) is 2. The van der Waals surface area contributed by atoms with Crippen molar-refractivity contribution in [3.63, 3.8) is 0 Å². The molecule has 0 saturated heterocycles. The highest BCUT2D eigenvalue weighted by Crippen LogP contribution is 2.09. The van der Waals surface area contributed by atoms with Crippen molar-refractivity contribution in [1.29, 1.82) is 0 Å². The molecule has 2 heteroatoms. The van der Waals surface area contributed by atoms with Gasteiger partial charge in [-0.2, -0.15) is 0 Å². The third kappa shape index (κ3) is 68.1. The molecule has 0 fully saturated rings. The topological polar surface area (TPSA) is 29.1 Å². The van der Waals surface area contributed by atoms with Crippen LogP contribution in [0.3, 0.4) is 0 Å². The SMILES string of the molecule is CCC.CCC.CCC.CNCCCCCCCCCCC(C)=O. The number of hydrogen-bond donors (Lipinski definition) is 1. The number of Topliss-reactive ketones (excluding diaryl/α,β-unsaturated/α-hetero) is 1. The van der Waals surface area contributed by atoms with Gasteiger partial charge in [0.25, 0.3) is 0 Å². The van der Waals surface area contributed by atoms with Gasteiger partial charge in [-0.1, -0.05) is 99.3 Å². The average Bonchev–Trinajstić information content (AvgIpc) is 2.51. The van der Waals surface area contributed by atoms with Crippen LogP contribution >= 0.6 is 0 Å². The molecule has 0 spiro atoms. The van der Waals surface area contributed by atoms with Crippen molar-refractivity contribution in [3.05, 3.63) is 0 Å². The van der Waals surface area contributed by atoms with Gasteiger partial charge in [0.05, 0.1) is 0 Å². The Balaban J connectivity index is -0.000000184. The molecular weight excluding hydrogens is 294 g/mol. The Hall–Kier alpha value is -0.370. The normalized spacial score (nSPS) is 8.83. The Bertz CT molecular complexity index is 176. The Morgan fingerprint density at radius 1 is 0.625 bits per heavy atom. The van der Waals surface area contributed by atoms with Crippen LogP contribution in [0.5, 0.6) is 0 Å². The van der Waals surface area contributed by atoms with Gasteiger partial charge in [-0.15, -0.1) is 0 Å². The molecule has 0 bridgehead atoms. The first kappa shape index (κ1) is 31.4. The van der Waals surface area contributed by atoms with Crippen LogP contribution in [0.4, 0.5) is 0 Å². The molecule has 1 N–H and O–H groups in total. The van der Waals surface area contributed by atoms with Crippen LogP contribution in [0.15, 0.2) is 0 Å². The minimum absolute atomic E-state index is 0.335. The number of carbonyl (C=O) groups excluding carboxylic acids is 1. The van der Waals surface area contributed by atoms with Crippen molar-refractivity contribution in [2.75, 3.05) is 13.6 Å². The zero-order valence-electron chi connectivity index (χ0n) is 18.6. The van der Waals surface area contributed by atoms with Crippen LogP contribution in [0.1, 0.15) is 126 Å². The van der Waals surface area contributed by atoms with Crippen LogP contribution in [0.2, 0.25) is 0 Å². The minimum Gasteiger partial charge on any atom is -0.320 e. The number of nitrogens with one attached hydrogen (secondary N) is 1. The fourth-order valence-corrected chi connectivity index (χ4v) is 1.74. The van der Waals surface area contributed by atoms with Gasteiger partial charge in [0.15, 0.2) is 0 Å². The van der Waals surface area contributed by atoms with E-state index in [1.165, 1.54) is 64.2 Å².